The van der Waals surface area contributed by atoms with Gasteiger partial charge in [-0.3, -0.25) is 4.98 Å². The van der Waals surface area contributed by atoms with Crippen LogP contribution in [0.4, 0.5) is 5.95 Å². The molecular formula is C9H10N4O. The van der Waals surface area contributed by atoms with Gasteiger partial charge in [-0.1, -0.05) is 0 Å². The number of nitrogens with zero attached hydrogens (tertiary/aromatic N) is 3. The summed E-state index contributed by atoms with van der Waals surface area (Å²) in [6.07, 6.45) is 0. The molecule has 0 aliphatic carbocycles. The number of anilines is 1. The van der Waals surface area contributed by atoms with E-state index in [1.165, 1.54) is 0 Å². The SMILES string of the molecule is Cc1ccc(-c2nc(N)no2)c(C)n1. The molecule has 0 saturated heterocycles. The lowest BCUT2D eigenvalue weighted by atomic mass is 10.2. The molecular weight excluding hydrogens is 180 g/mol. The molecule has 0 bridgehead atoms. The summed E-state index contributed by atoms with van der Waals surface area (Å²) in [5.74, 6) is 0.549. The topological polar surface area (TPSA) is 77.8 Å². The van der Waals surface area contributed by atoms with Crippen LogP contribution in [0, 0.1) is 13.8 Å². The molecule has 2 aromatic rings. The largest absolute Gasteiger partial charge is 0.365 e. The van der Waals surface area contributed by atoms with Gasteiger partial charge in [0.15, 0.2) is 0 Å². The summed E-state index contributed by atoms with van der Waals surface area (Å²) in [6.45, 7) is 3.82. The number of aromatic nitrogens is 3. The van der Waals surface area contributed by atoms with Gasteiger partial charge in [0.1, 0.15) is 0 Å². The zero-order valence-electron chi connectivity index (χ0n) is 7.98. The highest BCUT2D eigenvalue weighted by molar-refractivity contribution is 5.56. The van der Waals surface area contributed by atoms with Crippen molar-refractivity contribution in [3.8, 4) is 11.5 Å². The van der Waals surface area contributed by atoms with Crippen LogP contribution in [-0.2, 0) is 0 Å². The lowest BCUT2D eigenvalue weighted by Crippen LogP contribution is -1.91. The Kier molecular flexibility index (Phi) is 1.92. The minimum atomic E-state index is 0.139. The van der Waals surface area contributed by atoms with Gasteiger partial charge in [0.2, 0.25) is 0 Å². The molecule has 0 aromatic carbocycles. The van der Waals surface area contributed by atoms with Crippen LogP contribution in [-0.4, -0.2) is 15.1 Å². The summed E-state index contributed by atoms with van der Waals surface area (Å²) in [5, 5.41) is 3.52. The van der Waals surface area contributed by atoms with Crippen LogP contribution < -0.4 is 5.73 Å². The van der Waals surface area contributed by atoms with Crippen molar-refractivity contribution in [2.45, 2.75) is 13.8 Å². The number of hydrogen-bond acceptors (Lipinski definition) is 5. The summed E-state index contributed by atoms with van der Waals surface area (Å²) < 4.78 is 4.94. The number of nitrogens with two attached hydrogens (primary N) is 1. The van der Waals surface area contributed by atoms with E-state index in [-0.39, 0.29) is 5.95 Å². The van der Waals surface area contributed by atoms with Gasteiger partial charge < -0.3 is 10.3 Å². The normalized spacial score (nSPS) is 10.4. The maximum absolute atomic E-state index is 5.36. The van der Waals surface area contributed by atoms with Gasteiger partial charge in [0, 0.05) is 5.69 Å². The Bertz CT molecular complexity index is 464. The van der Waals surface area contributed by atoms with Crippen LogP contribution in [0.3, 0.4) is 0 Å². The first-order valence-electron chi connectivity index (χ1n) is 4.20. The molecule has 2 rings (SSSR count). The van der Waals surface area contributed by atoms with Crippen molar-refractivity contribution in [1.82, 2.24) is 15.1 Å². The van der Waals surface area contributed by atoms with E-state index >= 15 is 0 Å². The molecule has 0 aliphatic heterocycles. The van der Waals surface area contributed by atoms with Gasteiger partial charge in [0.25, 0.3) is 11.8 Å². The van der Waals surface area contributed by atoms with Crippen molar-refractivity contribution in [2.75, 3.05) is 5.73 Å². The molecule has 0 amide bonds. The molecule has 5 nitrogen and oxygen atoms in total. The first kappa shape index (κ1) is 8.68. The molecule has 0 aliphatic rings. The molecule has 2 N–H and O–H groups in total. The van der Waals surface area contributed by atoms with Crippen molar-refractivity contribution in [3.63, 3.8) is 0 Å². The number of nitrogen functional groups attached to an aromatic ring is 1. The minimum absolute atomic E-state index is 0.139. The molecule has 0 unspecified atom stereocenters. The highest BCUT2D eigenvalue weighted by atomic mass is 16.5. The predicted molar refractivity (Wildman–Crippen MR) is 51.4 cm³/mol. The van der Waals surface area contributed by atoms with Gasteiger partial charge in [-0.05, 0) is 31.1 Å². The Hall–Kier alpha value is -1.91. The fraction of sp³-hybridized carbons (Fsp3) is 0.222. The Morgan fingerprint density at radius 3 is 2.57 bits per heavy atom. The van der Waals surface area contributed by atoms with Gasteiger partial charge in [-0.15, -0.1) is 0 Å². The number of aryl methyl sites for hydroxylation is 2. The molecule has 72 valence electrons. The third kappa shape index (κ3) is 1.44. The smallest absolute Gasteiger partial charge is 0.261 e. The molecule has 5 heteroatoms. The fourth-order valence-corrected chi connectivity index (χ4v) is 1.26. The van der Waals surface area contributed by atoms with Crippen LogP contribution in [0.15, 0.2) is 16.7 Å². The van der Waals surface area contributed by atoms with Gasteiger partial charge in [-0.25, -0.2) is 0 Å². The van der Waals surface area contributed by atoms with Crippen molar-refractivity contribution >= 4 is 5.95 Å². The van der Waals surface area contributed by atoms with Crippen LogP contribution in [0.25, 0.3) is 11.5 Å². The second kappa shape index (κ2) is 3.10. The summed E-state index contributed by atoms with van der Waals surface area (Å²) in [5.41, 5.74) is 7.99. The fourth-order valence-electron chi connectivity index (χ4n) is 1.26. The van der Waals surface area contributed by atoms with Crippen LogP contribution in [0.1, 0.15) is 11.4 Å². The Balaban J connectivity index is 2.52. The number of rotatable bonds is 1. The molecule has 2 heterocycles. The Morgan fingerprint density at radius 2 is 2.00 bits per heavy atom. The predicted octanol–water partition coefficient (Wildman–Crippen LogP) is 1.33. The van der Waals surface area contributed by atoms with Gasteiger partial charge in [-0.2, -0.15) is 4.98 Å². The summed E-state index contributed by atoms with van der Waals surface area (Å²) in [6, 6.07) is 3.79. The highest BCUT2D eigenvalue weighted by Gasteiger charge is 2.09. The standard InChI is InChI=1S/C9H10N4O/c1-5-3-4-7(6(2)11-5)8-12-9(10)13-14-8/h3-4H,1-2H3,(H2,10,13). The third-order valence-corrected chi connectivity index (χ3v) is 1.90. The van der Waals surface area contributed by atoms with E-state index in [0.717, 1.165) is 17.0 Å². The molecule has 0 spiro atoms. The van der Waals surface area contributed by atoms with E-state index in [4.69, 9.17) is 10.3 Å². The van der Waals surface area contributed by atoms with E-state index in [1.54, 1.807) is 0 Å². The lowest BCUT2D eigenvalue weighted by Gasteiger charge is -1.99. The van der Waals surface area contributed by atoms with Crippen molar-refractivity contribution in [3.05, 3.63) is 23.5 Å². The first-order valence-corrected chi connectivity index (χ1v) is 4.20. The molecule has 0 radical (unpaired) electrons. The second-order valence-corrected chi connectivity index (χ2v) is 3.04. The number of hydrogen-bond donors (Lipinski definition) is 1. The van der Waals surface area contributed by atoms with Crippen molar-refractivity contribution in [1.29, 1.82) is 0 Å². The average Bonchev–Trinajstić information content (AvgIpc) is 2.51. The van der Waals surface area contributed by atoms with Crippen molar-refractivity contribution in [2.24, 2.45) is 0 Å². The Morgan fingerprint density at radius 1 is 1.21 bits per heavy atom. The van der Waals surface area contributed by atoms with Gasteiger partial charge >= 0.3 is 0 Å². The zero-order valence-corrected chi connectivity index (χ0v) is 7.98. The molecule has 14 heavy (non-hydrogen) atoms. The summed E-state index contributed by atoms with van der Waals surface area (Å²) in [7, 11) is 0. The molecule has 0 atom stereocenters. The quantitative estimate of drug-likeness (QED) is 0.733. The zero-order chi connectivity index (χ0) is 10.1. The first-order chi connectivity index (χ1) is 6.66. The molecule has 2 aromatic heterocycles. The van der Waals surface area contributed by atoms with Crippen LogP contribution in [0.5, 0.6) is 0 Å². The Labute approximate surface area is 81.0 Å². The number of pyridine rings is 1. The second-order valence-electron chi connectivity index (χ2n) is 3.04. The molecule has 0 fully saturated rings. The summed E-state index contributed by atoms with van der Waals surface area (Å²) >= 11 is 0. The van der Waals surface area contributed by atoms with E-state index < -0.39 is 0 Å². The minimum Gasteiger partial charge on any atom is -0.365 e. The van der Waals surface area contributed by atoms with E-state index in [9.17, 15) is 0 Å². The third-order valence-electron chi connectivity index (χ3n) is 1.90. The van der Waals surface area contributed by atoms with E-state index in [1.807, 2.05) is 26.0 Å². The van der Waals surface area contributed by atoms with Gasteiger partial charge in [0.05, 0.1) is 11.3 Å². The maximum atomic E-state index is 5.36. The van der Waals surface area contributed by atoms with Crippen molar-refractivity contribution < 1.29 is 4.52 Å². The van der Waals surface area contributed by atoms with E-state index in [0.29, 0.717) is 5.89 Å². The van der Waals surface area contributed by atoms with Crippen LogP contribution in [0.2, 0.25) is 0 Å². The lowest BCUT2D eigenvalue weighted by molar-refractivity contribution is 0.432. The van der Waals surface area contributed by atoms with E-state index in [2.05, 4.69) is 15.1 Å². The summed E-state index contributed by atoms with van der Waals surface area (Å²) in [4.78, 5) is 8.22. The average molecular weight is 190 g/mol. The maximum Gasteiger partial charge on any atom is 0.261 e. The van der Waals surface area contributed by atoms with Crippen LogP contribution >= 0.6 is 0 Å². The monoisotopic (exact) mass is 190 g/mol. The highest BCUT2D eigenvalue weighted by Crippen LogP contribution is 2.20. The molecule has 0 saturated carbocycles.